The average molecular weight is 420 g/mol. The summed E-state index contributed by atoms with van der Waals surface area (Å²) in [7, 11) is 0. The van der Waals surface area contributed by atoms with Crippen LogP contribution in [0.5, 0.6) is 0 Å². The smallest absolute Gasteiger partial charge is 0.303 e. The Bertz CT molecular complexity index is 722. The van der Waals surface area contributed by atoms with Crippen LogP contribution >= 0.6 is 0 Å². The van der Waals surface area contributed by atoms with Gasteiger partial charge in [-0.2, -0.15) is 0 Å². The van der Waals surface area contributed by atoms with Gasteiger partial charge in [0.2, 0.25) is 0 Å². The van der Waals surface area contributed by atoms with E-state index in [-0.39, 0.29) is 41.1 Å². The molecule has 4 saturated carbocycles. The van der Waals surface area contributed by atoms with E-state index in [0.29, 0.717) is 42.3 Å². The molecule has 4 nitrogen and oxygen atoms in total. The van der Waals surface area contributed by atoms with Crippen molar-refractivity contribution in [3.8, 4) is 0 Å². The number of aliphatic carboxylic acids is 1. The second-order valence-electron chi connectivity index (χ2n) is 11.7. The summed E-state index contributed by atoms with van der Waals surface area (Å²) in [5.41, 5.74) is 0.147. The fourth-order valence-corrected chi connectivity index (χ4v) is 8.98. The van der Waals surface area contributed by atoms with Crippen LogP contribution in [-0.4, -0.2) is 28.1 Å². The normalized spacial score (nSPS) is 50.6. The van der Waals surface area contributed by atoms with Crippen LogP contribution in [0.4, 0.5) is 0 Å². The van der Waals surface area contributed by atoms with Gasteiger partial charge in [0.05, 0.1) is 6.10 Å². The minimum absolute atomic E-state index is 0.0460. The molecule has 0 radical (unpaired) electrons. The first-order valence-corrected chi connectivity index (χ1v) is 12.4. The van der Waals surface area contributed by atoms with Crippen molar-refractivity contribution in [3.05, 3.63) is 0 Å². The summed E-state index contributed by atoms with van der Waals surface area (Å²) >= 11 is 0. The molecule has 0 spiro atoms. The summed E-state index contributed by atoms with van der Waals surface area (Å²) in [6.07, 6.45) is 7.00. The number of hydrogen-bond donors (Lipinski definition) is 2. The molecule has 2 N–H and O–H groups in total. The lowest BCUT2D eigenvalue weighted by Gasteiger charge is -2.62. The van der Waals surface area contributed by atoms with Crippen LogP contribution in [0.15, 0.2) is 0 Å². The van der Waals surface area contributed by atoms with Crippen LogP contribution in [0.3, 0.4) is 0 Å². The number of Topliss-reactive ketones (excluding diaryl/α,β-unsaturated/α-hetero) is 1. The second-order valence-corrected chi connectivity index (χ2v) is 11.7. The summed E-state index contributed by atoms with van der Waals surface area (Å²) in [6, 6.07) is 0. The van der Waals surface area contributed by atoms with Crippen LogP contribution < -0.4 is 0 Å². The van der Waals surface area contributed by atoms with E-state index < -0.39 is 12.4 Å². The van der Waals surface area contributed by atoms with Crippen molar-refractivity contribution in [2.45, 2.75) is 98.0 Å². The van der Waals surface area contributed by atoms with Gasteiger partial charge in [0.1, 0.15) is 5.78 Å². The molecule has 0 heterocycles. The van der Waals surface area contributed by atoms with Gasteiger partial charge in [-0.05, 0) is 98.2 Å². The quantitative estimate of drug-likeness (QED) is 0.632. The number of carbonyl (C=O) groups excluding carboxylic acids is 1. The van der Waals surface area contributed by atoms with Crippen molar-refractivity contribution in [1.29, 1.82) is 0 Å². The zero-order valence-electron chi connectivity index (χ0n) is 20.3. The molecule has 4 heteroatoms. The Balaban J connectivity index is 1.65. The molecule has 0 aromatic heterocycles. The molecule has 0 aromatic carbocycles. The van der Waals surface area contributed by atoms with Gasteiger partial charge < -0.3 is 10.2 Å². The van der Waals surface area contributed by atoms with Crippen LogP contribution in [0, 0.1) is 52.3 Å². The Labute approximate surface area is 183 Å². The molecule has 4 fully saturated rings. The molecule has 30 heavy (non-hydrogen) atoms. The Morgan fingerprint density at radius 3 is 2.47 bits per heavy atom. The second kappa shape index (κ2) is 7.90. The van der Waals surface area contributed by atoms with Crippen molar-refractivity contribution in [2.24, 2.45) is 52.3 Å². The summed E-state index contributed by atoms with van der Waals surface area (Å²) in [6.45, 7) is 8.84. The van der Waals surface area contributed by atoms with Crippen LogP contribution in [0.1, 0.15) is 93.2 Å². The van der Waals surface area contributed by atoms with E-state index in [1.165, 1.54) is 0 Å². The number of fused-ring (bicyclic) bond motifs is 5. The minimum atomic E-state index is -0.719. The standard InChI is InChI=1S/C26H42O4/c1-5-17-21-14-16(27)10-12-26(21,4)20-11-13-25(3)18(15(2)6-9-22(28)29)7-8-19(25)23(20)24(17)30/h15-21,23,27H,5-14H2,1-4H3,(H,28,29)/t15-,16-,17?,18-,19?,20?,21+,23?,25-,26-/m1/s1/i5D/t5?,15-,16-,17?,18-,19?,20?,21+,23?,25-,26-. The third-order valence-electron chi connectivity index (χ3n) is 10.5. The predicted octanol–water partition coefficient (Wildman–Crippen LogP) is 5.32. The lowest BCUT2D eigenvalue weighted by atomic mass is 9.42. The molecule has 4 aliphatic rings. The fraction of sp³-hybridized carbons (Fsp3) is 0.923. The summed E-state index contributed by atoms with van der Waals surface area (Å²) in [4.78, 5) is 25.1. The number of ketones is 1. The molecule has 0 saturated heterocycles. The lowest BCUT2D eigenvalue weighted by molar-refractivity contribution is -0.173. The molecule has 170 valence electrons. The number of carboxylic acid groups (broad SMARTS) is 1. The third kappa shape index (κ3) is 3.27. The van der Waals surface area contributed by atoms with E-state index in [9.17, 15) is 14.7 Å². The molecule has 0 bridgehead atoms. The zero-order valence-corrected chi connectivity index (χ0v) is 19.3. The third-order valence-corrected chi connectivity index (χ3v) is 10.5. The number of carboxylic acids is 1. The molecule has 0 aromatic rings. The molecule has 0 aliphatic heterocycles. The molecular formula is C26H42O4. The van der Waals surface area contributed by atoms with Gasteiger partial charge >= 0.3 is 5.97 Å². The summed E-state index contributed by atoms with van der Waals surface area (Å²) in [5.74, 6) is 1.10. The van der Waals surface area contributed by atoms with Gasteiger partial charge in [-0.1, -0.05) is 27.7 Å². The maximum absolute atomic E-state index is 14.0. The van der Waals surface area contributed by atoms with Gasteiger partial charge in [0, 0.05) is 19.6 Å². The Morgan fingerprint density at radius 2 is 1.80 bits per heavy atom. The van der Waals surface area contributed by atoms with Crippen LogP contribution in [0.2, 0.25) is 0 Å². The van der Waals surface area contributed by atoms with E-state index in [4.69, 9.17) is 6.48 Å². The highest BCUT2D eigenvalue weighted by molar-refractivity contribution is 5.86. The monoisotopic (exact) mass is 419 g/mol. The Kier molecular flexibility index (Phi) is 5.52. The highest BCUT2D eigenvalue weighted by Crippen LogP contribution is 2.68. The van der Waals surface area contributed by atoms with E-state index in [1.54, 1.807) is 0 Å². The first kappa shape index (κ1) is 21.0. The molecule has 4 rings (SSSR count). The van der Waals surface area contributed by atoms with Gasteiger partial charge in [0.15, 0.2) is 0 Å². The summed E-state index contributed by atoms with van der Waals surface area (Å²) < 4.78 is 8.57. The fourth-order valence-electron chi connectivity index (χ4n) is 8.98. The van der Waals surface area contributed by atoms with Gasteiger partial charge in [-0.3, -0.25) is 9.59 Å². The first-order chi connectivity index (χ1) is 14.5. The highest BCUT2D eigenvalue weighted by atomic mass is 16.4. The predicted molar refractivity (Wildman–Crippen MR) is 117 cm³/mol. The Morgan fingerprint density at radius 1 is 1.13 bits per heavy atom. The largest absolute Gasteiger partial charge is 0.481 e. The highest BCUT2D eigenvalue weighted by Gasteiger charge is 2.65. The van der Waals surface area contributed by atoms with Crippen molar-refractivity contribution >= 4 is 11.8 Å². The number of carbonyl (C=O) groups is 2. The topological polar surface area (TPSA) is 74.6 Å². The first-order valence-electron chi connectivity index (χ1n) is 12.9. The lowest BCUT2D eigenvalue weighted by Crippen LogP contribution is -2.60. The SMILES string of the molecule is [2H]C(C)C1C(=O)C2C3CC[C@H]([C@H](C)CCC(=O)O)[C@@]3(C)CCC2[C@@]2(C)CC[C@@H](O)C[C@@H]12. The zero-order chi connectivity index (χ0) is 22.7. The van der Waals surface area contributed by atoms with E-state index in [0.717, 1.165) is 38.5 Å². The number of hydrogen-bond acceptors (Lipinski definition) is 3. The molecule has 5 unspecified atom stereocenters. The minimum Gasteiger partial charge on any atom is -0.481 e. The van der Waals surface area contributed by atoms with Crippen molar-refractivity contribution in [1.82, 2.24) is 0 Å². The van der Waals surface area contributed by atoms with E-state index in [1.807, 2.05) is 6.92 Å². The maximum atomic E-state index is 14.0. The average Bonchev–Trinajstić information content (AvgIpc) is 3.04. The number of aliphatic hydroxyl groups excluding tert-OH is 1. The van der Waals surface area contributed by atoms with Gasteiger partial charge in [-0.15, -0.1) is 0 Å². The van der Waals surface area contributed by atoms with Crippen molar-refractivity contribution < 1.29 is 21.2 Å². The van der Waals surface area contributed by atoms with E-state index >= 15 is 0 Å². The maximum Gasteiger partial charge on any atom is 0.303 e. The Hall–Kier alpha value is -0.900. The van der Waals surface area contributed by atoms with Crippen molar-refractivity contribution in [3.63, 3.8) is 0 Å². The van der Waals surface area contributed by atoms with Crippen LogP contribution in [-0.2, 0) is 9.59 Å². The van der Waals surface area contributed by atoms with Gasteiger partial charge in [0.25, 0.3) is 0 Å². The molecule has 4 aliphatic carbocycles. The molecule has 0 amide bonds. The molecular weight excluding hydrogens is 376 g/mol. The number of aliphatic hydroxyl groups is 1. The van der Waals surface area contributed by atoms with Gasteiger partial charge in [-0.25, -0.2) is 0 Å². The van der Waals surface area contributed by atoms with Crippen LogP contribution in [0.25, 0.3) is 0 Å². The van der Waals surface area contributed by atoms with Crippen molar-refractivity contribution in [2.75, 3.05) is 0 Å². The number of rotatable bonds is 5. The summed E-state index contributed by atoms with van der Waals surface area (Å²) in [5, 5.41) is 19.6. The van der Waals surface area contributed by atoms with E-state index in [2.05, 4.69) is 20.8 Å². The molecule has 11 atom stereocenters.